The molecule has 0 amide bonds. The van der Waals surface area contributed by atoms with Gasteiger partial charge in [-0.3, -0.25) is 0 Å². The highest BCUT2D eigenvalue weighted by Crippen LogP contribution is 2.29. The SMILES string of the molecule is CCC(N)Cc1cccc(OC(F)(F)C(F)Cl)c1. The van der Waals surface area contributed by atoms with E-state index in [-0.39, 0.29) is 11.8 Å². The van der Waals surface area contributed by atoms with Crippen LogP contribution in [0.2, 0.25) is 0 Å². The van der Waals surface area contributed by atoms with Gasteiger partial charge in [-0.05, 0) is 30.5 Å². The van der Waals surface area contributed by atoms with Crippen LogP contribution < -0.4 is 10.5 Å². The number of hydrogen-bond donors (Lipinski definition) is 1. The molecule has 1 aromatic rings. The zero-order valence-electron chi connectivity index (χ0n) is 9.88. The topological polar surface area (TPSA) is 35.2 Å². The molecular weight excluding hydrogens is 267 g/mol. The van der Waals surface area contributed by atoms with E-state index in [1.165, 1.54) is 12.1 Å². The zero-order chi connectivity index (χ0) is 13.8. The number of benzene rings is 1. The molecule has 1 rings (SSSR count). The van der Waals surface area contributed by atoms with Crippen molar-refractivity contribution in [2.24, 2.45) is 5.73 Å². The Balaban J connectivity index is 2.76. The van der Waals surface area contributed by atoms with Crippen molar-refractivity contribution >= 4 is 11.6 Å². The molecule has 0 aromatic heterocycles. The summed E-state index contributed by atoms with van der Waals surface area (Å²) in [5, 5.41) is 0. The number of hydrogen-bond acceptors (Lipinski definition) is 2. The van der Waals surface area contributed by atoms with Crippen LogP contribution in [0.15, 0.2) is 24.3 Å². The fourth-order valence-electron chi connectivity index (χ4n) is 1.38. The van der Waals surface area contributed by atoms with Crippen molar-refractivity contribution in [3.05, 3.63) is 29.8 Å². The minimum absolute atomic E-state index is 0.0530. The van der Waals surface area contributed by atoms with Crippen LogP contribution in [0, 0.1) is 0 Å². The van der Waals surface area contributed by atoms with Crippen LogP contribution in [0.3, 0.4) is 0 Å². The van der Waals surface area contributed by atoms with E-state index in [9.17, 15) is 13.2 Å². The molecule has 0 saturated heterocycles. The lowest BCUT2D eigenvalue weighted by atomic mass is 10.0. The van der Waals surface area contributed by atoms with Gasteiger partial charge < -0.3 is 10.5 Å². The molecule has 0 radical (unpaired) electrons. The third-order valence-corrected chi connectivity index (χ3v) is 2.68. The number of alkyl halides is 4. The zero-order valence-corrected chi connectivity index (χ0v) is 10.6. The van der Waals surface area contributed by atoms with Gasteiger partial charge in [0.15, 0.2) is 0 Å². The van der Waals surface area contributed by atoms with E-state index in [0.29, 0.717) is 6.42 Å². The van der Waals surface area contributed by atoms with Gasteiger partial charge in [-0.1, -0.05) is 30.7 Å². The van der Waals surface area contributed by atoms with Crippen LogP contribution >= 0.6 is 11.6 Å². The summed E-state index contributed by atoms with van der Waals surface area (Å²) in [6.07, 6.45) is -2.73. The van der Waals surface area contributed by atoms with Crippen LogP contribution in [0.1, 0.15) is 18.9 Å². The predicted octanol–water partition coefficient (Wildman–Crippen LogP) is 3.47. The Hall–Kier alpha value is -0.940. The fraction of sp³-hybridized carbons (Fsp3) is 0.500. The smallest absolute Gasteiger partial charge is 0.429 e. The maximum Gasteiger partial charge on any atom is 0.444 e. The lowest BCUT2D eigenvalue weighted by Gasteiger charge is -2.18. The lowest BCUT2D eigenvalue weighted by Crippen LogP contribution is -2.32. The van der Waals surface area contributed by atoms with Crippen LogP contribution in [-0.2, 0) is 6.42 Å². The van der Waals surface area contributed by atoms with Gasteiger partial charge >= 0.3 is 6.11 Å². The summed E-state index contributed by atoms with van der Waals surface area (Å²) in [5.74, 6) is -0.135. The molecule has 2 atom stereocenters. The fourth-order valence-corrected chi connectivity index (χ4v) is 1.43. The van der Waals surface area contributed by atoms with Crippen molar-refractivity contribution in [2.45, 2.75) is 37.5 Å². The molecule has 2 unspecified atom stereocenters. The van der Waals surface area contributed by atoms with Crippen molar-refractivity contribution in [1.82, 2.24) is 0 Å². The normalized spacial score (nSPS) is 15.2. The number of rotatable bonds is 6. The molecule has 1 aromatic carbocycles. The van der Waals surface area contributed by atoms with E-state index in [1.54, 1.807) is 12.1 Å². The van der Waals surface area contributed by atoms with Crippen molar-refractivity contribution in [1.29, 1.82) is 0 Å². The molecule has 0 saturated carbocycles. The standard InChI is InChI=1S/C12H15ClF3NO/c1-2-9(17)6-8-4-3-5-10(7-8)18-12(15,16)11(13)14/h3-5,7,9,11H,2,6,17H2,1H3. The van der Waals surface area contributed by atoms with E-state index in [4.69, 9.17) is 17.3 Å². The van der Waals surface area contributed by atoms with Gasteiger partial charge in [-0.25, -0.2) is 4.39 Å². The quantitative estimate of drug-likeness (QED) is 0.810. The third-order valence-electron chi connectivity index (χ3n) is 2.43. The van der Waals surface area contributed by atoms with E-state index < -0.39 is 11.7 Å². The first-order valence-corrected chi connectivity index (χ1v) is 5.98. The molecule has 102 valence electrons. The molecular formula is C12H15ClF3NO. The summed E-state index contributed by atoms with van der Waals surface area (Å²) in [6, 6.07) is 5.96. The van der Waals surface area contributed by atoms with E-state index in [1.807, 2.05) is 6.92 Å². The Kier molecular flexibility index (Phi) is 5.28. The Bertz CT molecular complexity index is 387. The second-order valence-electron chi connectivity index (χ2n) is 3.98. The summed E-state index contributed by atoms with van der Waals surface area (Å²) in [5.41, 5.74) is 3.62. The van der Waals surface area contributed by atoms with Crippen molar-refractivity contribution in [2.75, 3.05) is 0 Å². The summed E-state index contributed by atoms with van der Waals surface area (Å²) >= 11 is 4.70. The van der Waals surface area contributed by atoms with Crippen molar-refractivity contribution in [3.63, 3.8) is 0 Å². The number of halogens is 4. The van der Waals surface area contributed by atoms with Gasteiger partial charge in [0.05, 0.1) is 0 Å². The summed E-state index contributed by atoms with van der Waals surface area (Å²) in [7, 11) is 0. The third kappa shape index (κ3) is 4.38. The first-order chi connectivity index (χ1) is 8.35. The van der Waals surface area contributed by atoms with Crippen molar-refractivity contribution < 1.29 is 17.9 Å². The monoisotopic (exact) mass is 281 g/mol. The van der Waals surface area contributed by atoms with Crippen LogP contribution in [-0.4, -0.2) is 17.8 Å². The minimum Gasteiger partial charge on any atom is -0.429 e. The first-order valence-electron chi connectivity index (χ1n) is 5.54. The van der Waals surface area contributed by atoms with Crippen LogP contribution in [0.4, 0.5) is 13.2 Å². The summed E-state index contributed by atoms with van der Waals surface area (Å²) in [4.78, 5) is 0. The highest BCUT2D eigenvalue weighted by atomic mass is 35.5. The Morgan fingerprint density at radius 3 is 2.67 bits per heavy atom. The predicted molar refractivity (Wildman–Crippen MR) is 64.7 cm³/mol. The summed E-state index contributed by atoms with van der Waals surface area (Å²) < 4.78 is 42.5. The second kappa shape index (κ2) is 6.29. The average Bonchev–Trinajstić information content (AvgIpc) is 2.28. The molecule has 6 heteroatoms. The molecule has 2 N–H and O–H groups in total. The second-order valence-corrected chi connectivity index (χ2v) is 4.37. The molecule has 0 bridgehead atoms. The van der Waals surface area contributed by atoms with Gasteiger partial charge in [0.25, 0.3) is 5.63 Å². The average molecular weight is 282 g/mol. The van der Waals surface area contributed by atoms with Gasteiger partial charge in [0.1, 0.15) is 5.75 Å². The molecule has 0 aliphatic rings. The maximum absolute atomic E-state index is 12.9. The highest BCUT2D eigenvalue weighted by Gasteiger charge is 2.42. The number of ether oxygens (including phenoxy) is 1. The molecule has 0 aliphatic heterocycles. The minimum atomic E-state index is -4.05. The van der Waals surface area contributed by atoms with Gasteiger partial charge in [0.2, 0.25) is 0 Å². The van der Waals surface area contributed by atoms with Crippen LogP contribution in [0.25, 0.3) is 0 Å². The maximum atomic E-state index is 12.9. The molecule has 2 nitrogen and oxygen atoms in total. The Morgan fingerprint density at radius 1 is 1.44 bits per heavy atom. The molecule has 0 fully saturated rings. The molecule has 0 heterocycles. The van der Waals surface area contributed by atoms with Gasteiger partial charge in [-0.15, -0.1) is 0 Å². The van der Waals surface area contributed by atoms with Gasteiger partial charge in [0, 0.05) is 6.04 Å². The molecule has 18 heavy (non-hydrogen) atoms. The molecule has 0 spiro atoms. The number of nitrogens with two attached hydrogens (primary N) is 1. The van der Waals surface area contributed by atoms with E-state index in [2.05, 4.69) is 4.74 Å². The Morgan fingerprint density at radius 2 is 2.11 bits per heavy atom. The van der Waals surface area contributed by atoms with E-state index in [0.717, 1.165) is 12.0 Å². The Labute approximate surface area is 109 Å². The largest absolute Gasteiger partial charge is 0.444 e. The van der Waals surface area contributed by atoms with Crippen LogP contribution in [0.5, 0.6) is 5.75 Å². The first kappa shape index (κ1) is 15.1. The molecule has 0 aliphatic carbocycles. The van der Waals surface area contributed by atoms with Crippen molar-refractivity contribution in [3.8, 4) is 5.75 Å². The highest BCUT2D eigenvalue weighted by molar-refractivity contribution is 6.20. The summed E-state index contributed by atoms with van der Waals surface area (Å²) in [6.45, 7) is 1.93. The van der Waals surface area contributed by atoms with Gasteiger partial charge in [-0.2, -0.15) is 8.78 Å². The van der Waals surface area contributed by atoms with E-state index >= 15 is 0 Å². The lowest BCUT2D eigenvalue weighted by molar-refractivity contribution is -0.199.